The van der Waals surface area contributed by atoms with E-state index in [4.69, 9.17) is 10.5 Å². The van der Waals surface area contributed by atoms with Crippen LogP contribution in [0.1, 0.15) is 127 Å². The molecule has 0 saturated heterocycles. The third-order valence-corrected chi connectivity index (χ3v) is 11.7. The predicted octanol–water partition coefficient (Wildman–Crippen LogP) is 7.27. The molecule has 8 rings (SSSR count). The van der Waals surface area contributed by atoms with Gasteiger partial charge in [-0.2, -0.15) is 0 Å². The number of benzene rings is 3. The second-order valence-electron chi connectivity index (χ2n) is 16.7. The molecule has 0 unspecified atom stereocenters. The first-order chi connectivity index (χ1) is 34.0. The summed E-state index contributed by atoms with van der Waals surface area (Å²) in [5.41, 5.74) is 5.30. The minimum Gasteiger partial charge on any atom is -0.506 e. The summed E-state index contributed by atoms with van der Waals surface area (Å²) in [6, 6.07) is 21.3. The van der Waals surface area contributed by atoms with Gasteiger partial charge < -0.3 is 49.0 Å². The number of nitrogens with two attached hydrogens (primary N) is 1. The van der Waals surface area contributed by atoms with Gasteiger partial charge in [0.25, 0.3) is 17.0 Å². The average Bonchev–Trinajstić information content (AvgIpc) is 3.36. The third-order valence-electron chi connectivity index (χ3n) is 11.7. The number of pyridine rings is 2. The molecule has 0 spiro atoms. The molecular weight excluding hydrogens is 943 g/mol. The minimum atomic E-state index is -0.804. The van der Waals surface area contributed by atoms with Crippen LogP contribution in [0.25, 0.3) is 32.7 Å². The maximum atomic E-state index is 12.5. The predicted molar refractivity (Wildman–Crippen MR) is 282 cm³/mol. The summed E-state index contributed by atoms with van der Waals surface area (Å²) in [7, 11) is 4.72. The summed E-state index contributed by atoms with van der Waals surface area (Å²) in [6.45, 7) is 5.73. The molecule has 2 saturated carbocycles. The van der Waals surface area contributed by atoms with Crippen LogP contribution in [0.2, 0.25) is 0 Å². The number of nitrogens with zero attached hydrogens (tertiary/aromatic N) is 3. The molecule has 0 atom stereocenters. The number of fused-ring (bicyclic) bond motifs is 3. The summed E-state index contributed by atoms with van der Waals surface area (Å²) >= 11 is 0. The van der Waals surface area contributed by atoms with Crippen LogP contribution < -0.4 is 33.6 Å². The first kappa shape index (κ1) is 61.6. The number of para-hydroxylation sites is 3. The first-order valence-electron chi connectivity index (χ1n) is 23.7. The average molecular weight is 1020 g/mol. The van der Waals surface area contributed by atoms with Crippen LogP contribution in [0.5, 0.6) is 11.5 Å². The Morgan fingerprint density at radius 3 is 1.42 bits per heavy atom. The van der Waals surface area contributed by atoms with Crippen molar-refractivity contribution in [3.8, 4) is 11.5 Å². The lowest BCUT2D eigenvalue weighted by Crippen LogP contribution is -2.39. The van der Waals surface area contributed by atoms with Crippen LogP contribution in [0, 0.1) is 0 Å². The molecule has 3 heterocycles. The molecule has 0 bridgehead atoms. The van der Waals surface area contributed by atoms with Crippen LogP contribution in [0.4, 0.5) is 0 Å². The van der Waals surface area contributed by atoms with Crippen molar-refractivity contribution in [2.75, 3.05) is 19.8 Å². The van der Waals surface area contributed by atoms with Crippen molar-refractivity contribution in [3.05, 3.63) is 126 Å². The standard InChI is InChI=1S/C17H20N2O3.C13H13NO4.C9H7NO3.C7H12O4.C6H13N.2CH4/c1-19-13-10-6-5-9-12(13)15(20)14(17(19)22)16(21)18-11-7-3-2-4-8-11;1-3-18-13(17)10-11(15)8-6-4-5-7-9(8)14(2)12(10)16;1-10-7-5-3-2-4-6(7)8(11)13-9(10)12;1-3-10-6(8)5-7(9)11-4-2;7-6-4-2-1-3-5-6;;/h5-6,9-11,20H,2-4,7-8H2,1H3,(H,18,21);4-7,15H,3H2,1-2H3;2-5H,1H3;3-5H2,1-2H3;6H,1-5,7H2;2*1H4. The fourth-order valence-electron chi connectivity index (χ4n) is 7.97. The third kappa shape index (κ3) is 16.8. The molecule has 398 valence electrons. The normalized spacial score (nSPS) is 13.0. The smallest absolute Gasteiger partial charge is 0.422 e. The molecule has 0 radical (unpaired) electrons. The molecule has 0 aliphatic heterocycles. The summed E-state index contributed by atoms with van der Waals surface area (Å²) in [6.07, 6.45) is 11.6. The molecule has 3 aromatic carbocycles. The molecule has 5 N–H and O–H groups in total. The number of aromatic nitrogens is 3. The van der Waals surface area contributed by atoms with E-state index in [9.17, 15) is 48.6 Å². The second-order valence-corrected chi connectivity index (χ2v) is 16.7. The van der Waals surface area contributed by atoms with Gasteiger partial charge in [0.1, 0.15) is 23.5 Å². The fraction of sp³-hybridized carbons (Fsp3) is 0.444. The highest BCUT2D eigenvalue weighted by Crippen LogP contribution is 2.27. The number of aryl methyl sites for hydroxylation is 3. The van der Waals surface area contributed by atoms with Crippen molar-refractivity contribution in [1.82, 2.24) is 19.0 Å². The quantitative estimate of drug-likeness (QED) is 0.0663. The molecule has 2 aliphatic rings. The highest BCUT2D eigenvalue weighted by molar-refractivity contribution is 6.02. The van der Waals surface area contributed by atoms with E-state index < -0.39 is 46.3 Å². The van der Waals surface area contributed by atoms with E-state index in [0.29, 0.717) is 38.8 Å². The minimum absolute atomic E-state index is 0. The van der Waals surface area contributed by atoms with Gasteiger partial charge in [0.2, 0.25) is 0 Å². The van der Waals surface area contributed by atoms with Crippen LogP contribution in [-0.4, -0.2) is 79.6 Å². The first-order valence-corrected chi connectivity index (χ1v) is 23.7. The van der Waals surface area contributed by atoms with E-state index in [1.165, 1.54) is 52.2 Å². The highest BCUT2D eigenvalue weighted by atomic mass is 16.6. The molecule has 2 aliphatic carbocycles. The lowest BCUT2D eigenvalue weighted by molar-refractivity contribution is -0.153. The van der Waals surface area contributed by atoms with Gasteiger partial charge >= 0.3 is 29.3 Å². The largest absolute Gasteiger partial charge is 0.506 e. The van der Waals surface area contributed by atoms with Crippen LogP contribution >= 0.6 is 0 Å². The number of carbonyl (C=O) groups is 4. The zero-order valence-corrected chi connectivity index (χ0v) is 41.2. The van der Waals surface area contributed by atoms with Crippen LogP contribution in [0.15, 0.2) is 96.4 Å². The van der Waals surface area contributed by atoms with Gasteiger partial charge in [0, 0.05) is 44.0 Å². The van der Waals surface area contributed by atoms with E-state index in [-0.39, 0.29) is 69.8 Å². The van der Waals surface area contributed by atoms with Gasteiger partial charge in [-0.25, -0.2) is 14.4 Å². The number of hydrogen-bond donors (Lipinski definition) is 4. The van der Waals surface area contributed by atoms with E-state index in [2.05, 4.69) is 19.2 Å². The number of nitrogens with one attached hydrogen (secondary N) is 1. The molecule has 2 fully saturated rings. The Labute approximate surface area is 424 Å². The number of amides is 1. The molecule has 73 heavy (non-hydrogen) atoms. The molecule has 19 heteroatoms. The maximum absolute atomic E-state index is 12.5. The monoisotopic (exact) mass is 1020 g/mol. The van der Waals surface area contributed by atoms with Crippen LogP contribution in [0.3, 0.4) is 0 Å². The Balaban J connectivity index is 0.000000325. The number of esters is 3. The Hall–Kier alpha value is -7.54. The molecule has 19 nitrogen and oxygen atoms in total. The van der Waals surface area contributed by atoms with Crippen molar-refractivity contribution in [2.24, 2.45) is 26.9 Å². The summed E-state index contributed by atoms with van der Waals surface area (Å²) < 4.78 is 22.3. The zero-order valence-electron chi connectivity index (χ0n) is 41.2. The van der Waals surface area contributed by atoms with Gasteiger partial charge in [-0.3, -0.25) is 28.5 Å². The van der Waals surface area contributed by atoms with E-state index in [0.717, 1.165) is 25.7 Å². The summed E-state index contributed by atoms with van der Waals surface area (Å²) in [5.74, 6) is -3.54. The Morgan fingerprint density at radius 1 is 0.589 bits per heavy atom. The van der Waals surface area contributed by atoms with Crippen molar-refractivity contribution < 1.29 is 48.0 Å². The Kier molecular flexibility index (Phi) is 25.6. The zero-order chi connectivity index (χ0) is 52.2. The second kappa shape index (κ2) is 30.4. The molecule has 1 amide bonds. The number of rotatable bonds is 8. The van der Waals surface area contributed by atoms with Gasteiger partial charge in [-0.1, -0.05) is 89.8 Å². The van der Waals surface area contributed by atoms with Gasteiger partial charge in [-0.15, -0.1) is 0 Å². The Morgan fingerprint density at radius 2 is 0.986 bits per heavy atom. The number of hydrogen-bond acceptors (Lipinski definition) is 15. The maximum Gasteiger partial charge on any atom is 0.422 e. The SMILES string of the molecule is C.C.CCOC(=O)CC(=O)OCC.CCOC(=O)c1c(O)c2ccccc2n(C)c1=O.Cn1c(=O)c(C(=O)NC2CCCCC2)c(O)c2ccccc21.Cn1c(=O)oc(=O)c2ccccc21.NC1CCCCC1. The summed E-state index contributed by atoms with van der Waals surface area (Å²) in [5, 5.41) is 24.7. The van der Waals surface area contributed by atoms with Gasteiger partial charge in [0.05, 0.1) is 41.8 Å². The Bertz CT molecular complexity index is 3020. The highest BCUT2D eigenvalue weighted by Gasteiger charge is 2.25. The molecule has 3 aromatic heterocycles. The van der Waals surface area contributed by atoms with Gasteiger partial charge in [-0.05, 0) is 82.9 Å². The summed E-state index contributed by atoms with van der Waals surface area (Å²) in [4.78, 5) is 92.0. The van der Waals surface area contributed by atoms with E-state index in [1.54, 1.807) is 115 Å². The lowest BCUT2D eigenvalue weighted by atomic mass is 9.95. The number of carbonyl (C=O) groups excluding carboxylic acids is 4. The topological polar surface area (TPSA) is 271 Å². The van der Waals surface area contributed by atoms with Crippen molar-refractivity contribution in [3.63, 3.8) is 0 Å². The molecule has 6 aromatic rings. The number of aromatic hydroxyl groups is 2. The fourth-order valence-corrected chi connectivity index (χ4v) is 7.97. The van der Waals surface area contributed by atoms with Crippen LogP contribution in [-0.2, 0) is 44.9 Å². The van der Waals surface area contributed by atoms with Crippen molar-refractivity contribution in [2.45, 2.75) is 118 Å². The van der Waals surface area contributed by atoms with Crippen molar-refractivity contribution in [1.29, 1.82) is 0 Å². The van der Waals surface area contributed by atoms with E-state index >= 15 is 0 Å². The van der Waals surface area contributed by atoms with Gasteiger partial charge in [0.15, 0.2) is 5.56 Å². The van der Waals surface area contributed by atoms with Crippen molar-refractivity contribution >= 4 is 56.5 Å². The molecular formula is C54H73N5O14. The number of ether oxygens (including phenoxy) is 3. The lowest BCUT2D eigenvalue weighted by Gasteiger charge is -2.23. The van der Waals surface area contributed by atoms with E-state index in [1.807, 2.05) is 0 Å².